The summed E-state index contributed by atoms with van der Waals surface area (Å²) in [6.07, 6.45) is -9.17. The highest BCUT2D eigenvalue weighted by atomic mass is 16.7. The second-order valence-corrected chi connectivity index (χ2v) is 11.3. The lowest BCUT2D eigenvalue weighted by atomic mass is 9.83. The molecule has 1 amide bonds. The number of amides is 1. The molecule has 1 saturated carbocycles. The Balaban J connectivity index is 1.08. The molecule has 0 bridgehead atoms. The van der Waals surface area contributed by atoms with Crippen molar-refractivity contribution in [1.82, 2.24) is 14.9 Å². The summed E-state index contributed by atoms with van der Waals surface area (Å²) in [7, 11) is 0. The van der Waals surface area contributed by atoms with Crippen molar-refractivity contribution in [3.8, 4) is 11.5 Å². The lowest BCUT2D eigenvalue weighted by Crippen LogP contribution is -2.67. The number of hydrogen-bond acceptors (Lipinski definition) is 13. The number of phenols is 1. The van der Waals surface area contributed by atoms with E-state index in [-0.39, 0.29) is 30.4 Å². The number of aromatic hydroxyl groups is 1. The number of aliphatic hydroxyl groups is 5. The molecule has 240 valence electrons. The van der Waals surface area contributed by atoms with E-state index in [1.807, 2.05) is 6.07 Å². The standard InChI is InChI=1S/C30H33N3O12/c1-13(29(41)32-20-21(36)23(38)28-27(22(20)37)42-12-43-28)8-14-6-7-19(17(34)9-14)44-30-25(40)24(39)26(45-30)18(35)10-33-11-31-15-4-2-3-5-16(15)33/h2-9,11,20-28,30,34,36-40H,10,12H2,1H3,(H,32,41)/b13-8+. The van der Waals surface area contributed by atoms with Gasteiger partial charge in [-0.25, -0.2) is 4.98 Å². The Labute approximate surface area is 255 Å². The largest absolute Gasteiger partial charge is 0.504 e. The minimum atomic E-state index is -1.59. The maximum Gasteiger partial charge on any atom is 0.247 e. The number of aliphatic hydroxyl groups excluding tert-OH is 5. The van der Waals surface area contributed by atoms with Crippen LogP contribution in [0.4, 0.5) is 0 Å². The maximum atomic E-state index is 13.0. The van der Waals surface area contributed by atoms with Gasteiger partial charge in [0.05, 0.1) is 29.9 Å². The molecule has 3 heterocycles. The van der Waals surface area contributed by atoms with Crippen LogP contribution in [0.5, 0.6) is 11.5 Å². The summed E-state index contributed by atoms with van der Waals surface area (Å²) in [5, 5.41) is 65.5. The van der Waals surface area contributed by atoms with Crippen molar-refractivity contribution in [3.63, 3.8) is 0 Å². The molecule has 3 aromatic rings. The smallest absolute Gasteiger partial charge is 0.247 e. The number of carbonyl (C=O) groups is 2. The van der Waals surface area contributed by atoms with Gasteiger partial charge in [0.1, 0.15) is 49.5 Å². The van der Waals surface area contributed by atoms with Crippen LogP contribution in [0.3, 0.4) is 0 Å². The average Bonchev–Trinajstić information content (AvgIpc) is 3.74. The van der Waals surface area contributed by atoms with Gasteiger partial charge in [-0.1, -0.05) is 18.2 Å². The fourth-order valence-electron chi connectivity index (χ4n) is 5.79. The summed E-state index contributed by atoms with van der Waals surface area (Å²) in [5.41, 5.74) is 1.93. The monoisotopic (exact) mass is 627 g/mol. The zero-order valence-electron chi connectivity index (χ0n) is 23.9. The van der Waals surface area contributed by atoms with Crippen LogP contribution in [0.1, 0.15) is 12.5 Å². The molecule has 1 aromatic heterocycles. The second-order valence-electron chi connectivity index (χ2n) is 11.3. The number of ketones is 1. The first-order valence-corrected chi connectivity index (χ1v) is 14.2. The van der Waals surface area contributed by atoms with E-state index in [0.717, 1.165) is 0 Å². The van der Waals surface area contributed by atoms with Gasteiger partial charge in [-0.05, 0) is 42.8 Å². The highest BCUT2D eigenvalue weighted by molar-refractivity contribution is 5.97. The highest BCUT2D eigenvalue weighted by Crippen LogP contribution is 2.33. The lowest BCUT2D eigenvalue weighted by Gasteiger charge is -2.41. The Morgan fingerprint density at radius 3 is 2.49 bits per heavy atom. The van der Waals surface area contributed by atoms with E-state index in [0.29, 0.717) is 16.6 Å². The molecule has 0 radical (unpaired) electrons. The minimum absolute atomic E-state index is 0.116. The molecular formula is C30H33N3O12. The fraction of sp³-hybridized carbons (Fsp3) is 0.433. The van der Waals surface area contributed by atoms with Crippen LogP contribution >= 0.6 is 0 Å². The van der Waals surface area contributed by atoms with Crippen molar-refractivity contribution >= 4 is 28.8 Å². The van der Waals surface area contributed by atoms with Crippen LogP contribution in [0.15, 0.2) is 54.4 Å². The maximum absolute atomic E-state index is 13.0. The van der Waals surface area contributed by atoms with Gasteiger partial charge >= 0.3 is 0 Å². The zero-order valence-corrected chi connectivity index (χ0v) is 23.9. The first-order chi connectivity index (χ1) is 21.5. The summed E-state index contributed by atoms with van der Waals surface area (Å²) in [5.74, 6) is -1.66. The Hall–Kier alpha value is -3.93. The Morgan fingerprint density at radius 1 is 1.00 bits per heavy atom. The van der Waals surface area contributed by atoms with Gasteiger partial charge in [-0.3, -0.25) is 9.59 Å². The van der Waals surface area contributed by atoms with Gasteiger partial charge in [0.2, 0.25) is 12.2 Å². The summed E-state index contributed by atoms with van der Waals surface area (Å²) in [6, 6.07) is 10.1. The molecule has 45 heavy (non-hydrogen) atoms. The molecule has 0 spiro atoms. The van der Waals surface area contributed by atoms with Gasteiger partial charge in [0, 0.05) is 5.57 Å². The van der Waals surface area contributed by atoms with Crippen LogP contribution in [-0.4, -0.2) is 120 Å². The zero-order chi connectivity index (χ0) is 32.0. The number of ether oxygens (including phenoxy) is 4. The van der Waals surface area contributed by atoms with E-state index in [1.165, 1.54) is 37.5 Å². The molecule has 2 aromatic carbocycles. The molecule has 2 aliphatic heterocycles. The van der Waals surface area contributed by atoms with Gasteiger partial charge < -0.3 is 59.5 Å². The van der Waals surface area contributed by atoms with E-state index in [9.17, 15) is 40.2 Å². The number of nitrogens with zero attached hydrogens (tertiary/aromatic N) is 2. The lowest BCUT2D eigenvalue weighted by molar-refractivity contribution is -0.155. The van der Waals surface area contributed by atoms with Crippen molar-refractivity contribution in [2.45, 2.75) is 74.6 Å². The average molecular weight is 628 g/mol. The number of nitrogens with one attached hydrogen (secondary N) is 1. The molecule has 3 aliphatic rings. The van der Waals surface area contributed by atoms with Gasteiger partial charge in [0.25, 0.3) is 0 Å². The topological polar surface area (TPSA) is 222 Å². The number of rotatable bonds is 8. The molecule has 10 atom stereocenters. The van der Waals surface area contributed by atoms with Crippen LogP contribution in [-0.2, 0) is 30.3 Å². The first kappa shape index (κ1) is 31.1. The Morgan fingerprint density at radius 2 is 1.73 bits per heavy atom. The number of phenolic OH excluding ortho intramolecular Hbond substituents is 1. The van der Waals surface area contributed by atoms with E-state index in [1.54, 1.807) is 22.8 Å². The SMILES string of the molecule is C/C(=C\c1ccc(OC2OC(C(=O)Cn3cnc4ccccc43)C(O)C2O)c(O)c1)C(=O)NC1C(O)C(O)C2OCOC2C1O. The summed E-state index contributed by atoms with van der Waals surface area (Å²) < 4.78 is 23.3. The number of hydrogen-bond donors (Lipinski definition) is 7. The van der Waals surface area contributed by atoms with Crippen molar-refractivity contribution in [1.29, 1.82) is 0 Å². The Bertz CT molecular complexity index is 1610. The minimum Gasteiger partial charge on any atom is -0.504 e. The van der Waals surface area contributed by atoms with Gasteiger partial charge in [-0.2, -0.15) is 0 Å². The predicted molar refractivity (Wildman–Crippen MR) is 152 cm³/mol. The number of Topliss-reactive ketones (excluding diaryl/α,β-unsaturated/α-hetero) is 1. The van der Waals surface area contributed by atoms with Crippen molar-refractivity contribution < 1.29 is 59.2 Å². The number of aromatic nitrogens is 2. The molecule has 1 aliphatic carbocycles. The molecule has 15 heteroatoms. The molecule has 2 saturated heterocycles. The fourth-order valence-corrected chi connectivity index (χ4v) is 5.79. The van der Waals surface area contributed by atoms with Crippen LogP contribution < -0.4 is 10.1 Å². The number of benzene rings is 2. The number of imidazole rings is 1. The van der Waals surface area contributed by atoms with Crippen LogP contribution in [0, 0.1) is 0 Å². The van der Waals surface area contributed by atoms with E-state index in [4.69, 9.17) is 18.9 Å². The van der Waals surface area contributed by atoms with Gasteiger partial charge in [-0.15, -0.1) is 0 Å². The molecule has 10 unspecified atom stereocenters. The van der Waals surface area contributed by atoms with E-state index < -0.39 is 72.9 Å². The normalized spacial score (nSPS) is 33.2. The third-order valence-electron chi connectivity index (χ3n) is 8.26. The van der Waals surface area contributed by atoms with E-state index in [2.05, 4.69) is 10.3 Å². The molecule has 6 rings (SSSR count). The number of fused-ring (bicyclic) bond motifs is 2. The Kier molecular flexibility index (Phi) is 8.60. The van der Waals surface area contributed by atoms with Crippen molar-refractivity contribution in [3.05, 3.63) is 59.9 Å². The third-order valence-corrected chi connectivity index (χ3v) is 8.26. The van der Waals surface area contributed by atoms with Crippen LogP contribution in [0.25, 0.3) is 17.1 Å². The summed E-state index contributed by atoms with van der Waals surface area (Å²) >= 11 is 0. The number of para-hydroxylation sites is 2. The van der Waals surface area contributed by atoms with Crippen molar-refractivity contribution in [2.24, 2.45) is 0 Å². The summed E-state index contributed by atoms with van der Waals surface area (Å²) in [4.78, 5) is 30.1. The summed E-state index contributed by atoms with van der Waals surface area (Å²) in [6.45, 7) is 1.15. The predicted octanol–water partition coefficient (Wildman–Crippen LogP) is -1.44. The highest BCUT2D eigenvalue weighted by Gasteiger charge is 2.53. The molecule has 7 N–H and O–H groups in total. The van der Waals surface area contributed by atoms with E-state index >= 15 is 0 Å². The van der Waals surface area contributed by atoms with Crippen molar-refractivity contribution in [2.75, 3.05) is 6.79 Å². The third kappa shape index (κ3) is 5.92. The first-order valence-electron chi connectivity index (χ1n) is 14.2. The molecule has 3 fully saturated rings. The van der Waals surface area contributed by atoms with Crippen LogP contribution in [0.2, 0.25) is 0 Å². The second kappa shape index (κ2) is 12.5. The quantitative estimate of drug-likeness (QED) is 0.142. The number of carbonyl (C=O) groups excluding carboxylic acids is 2. The van der Waals surface area contributed by atoms with Gasteiger partial charge in [0.15, 0.2) is 23.4 Å². The molecular weight excluding hydrogens is 594 g/mol. The molecule has 15 nitrogen and oxygen atoms in total.